The Hall–Kier alpha value is -1.99. The number of carbonyl (C=O) groups excluding carboxylic acids is 1. The maximum Gasteiger partial charge on any atom is 0.405 e. The highest BCUT2D eigenvalue weighted by Gasteiger charge is 2.27. The molecule has 0 atom stereocenters. The molecule has 0 aromatic carbocycles. The van der Waals surface area contributed by atoms with Crippen molar-refractivity contribution in [3.05, 3.63) is 17.8 Å². The number of alkyl halides is 3. The molecule has 1 aromatic rings. The number of nitrogens with one attached hydrogen (secondary N) is 1. The van der Waals surface area contributed by atoms with Gasteiger partial charge in [-0.15, -0.1) is 0 Å². The van der Waals surface area contributed by atoms with E-state index in [9.17, 15) is 18.0 Å². The van der Waals surface area contributed by atoms with Gasteiger partial charge >= 0.3 is 12.1 Å². The molecule has 8 heteroatoms. The van der Waals surface area contributed by atoms with Crippen LogP contribution in [0.2, 0.25) is 0 Å². The number of hydrogen-bond donors (Lipinski definition) is 2. The third-order valence-corrected chi connectivity index (χ3v) is 1.94. The van der Waals surface area contributed by atoms with E-state index in [0.29, 0.717) is 0 Å². The van der Waals surface area contributed by atoms with Crippen LogP contribution in [0.15, 0.2) is 12.3 Å². The maximum absolute atomic E-state index is 12.0. The topological polar surface area (TPSA) is 77.2 Å². The highest BCUT2D eigenvalue weighted by molar-refractivity contribution is 5.97. The molecule has 0 bridgehead atoms. The maximum atomic E-state index is 12.0. The summed E-state index contributed by atoms with van der Waals surface area (Å²) in [6.45, 7) is 0.473. The van der Waals surface area contributed by atoms with Crippen molar-refractivity contribution in [2.24, 2.45) is 0 Å². The van der Waals surface area contributed by atoms with Gasteiger partial charge in [0.1, 0.15) is 12.4 Å². The van der Waals surface area contributed by atoms with Crippen LogP contribution in [0.3, 0.4) is 0 Å². The van der Waals surface area contributed by atoms with Gasteiger partial charge in [0.25, 0.3) is 0 Å². The first-order chi connectivity index (χ1) is 8.35. The number of pyridine rings is 1. The molecule has 0 spiro atoms. The van der Waals surface area contributed by atoms with Crippen molar-refractivity contribution in [1.29, 1.82) is 0 Å². The molecule has 3 N–H and O–H groups in total. The summed E-state index contributed by atoms with van der Waals surface area (Å²) in [5.41, 5.74) is 5.37. The van der Waals surface area contributed by atoms with Gasteiger partial charge in [-0.25, -0.2) is 9.78 Å². The minimum absolute atomic E-state index is 0.0171. The lowest BCUT2D eigenvalue weighted by molar-refractivity contribution is -0.115. The monoisotopic (exact) mass is 263 g/mol. The Balaban J connectivity index is 2.88. The SMILES string of the molecule is CCOC(=O)c1ccnc(NCC(F)(F)F)c1N. The lowest BCUT2D eigenvalue weighted by Crippen LogP contribution is -2.23. The second kappa shape index (κ2) is 5.56. The Bertz CT molecular complexity index is 435. The summed E-state index contributed by atoms with van der Waals surface area (Å²) in [4.78, 5) is 15.1. The smallest absolute Gasteiger partial charge is 0.405 e. The zero-order chi connectivity index (χ0) is 13.8. The van der Waals surface area contributed by atoms with Crippen LogP contribution in [0.4, 0.5) is 24.7 Å². The van der Waals surface area contributed by atoms with Crippen molar-refractivity contribution < 1.29 is 22.7 Å². The number of carbonyl (C=O) groups is 1. The second-order valence-corrected chi connectivity index (χ2v) is 3.31. The molecule has 0 radical (unpaired) electrons. The fraction of sp³-hybridized carbons (Fsp3) is 0.400. The standard InChI is InChI=1S/C10H12F3N3O2/c1-2-18-9(17)6-3-4-15-8(7(6)14)16-5-10(11,12)13/h3-4H,2,5,14H2,1H3,(H,15,16). The van der Waals surface area contributed by atoms with Crippen LogP contribution < -0.4 is 11.1 Å². The van der Waals surface area contributed by atoms with E-state index in [1.54, 1.807) is 6.92 Å². The number of anilines is 2. The second-order valence-electron chi connectivity index (χ2n) is 3.31. The molecule has 1 rings (SSSR count). The first kappa shape index (κ1) is 14.1. The molecule has 0 unspecified atom stereocenters. The van der Waals surface area contributed by atoms with Crippen LogP contribution in [-0.4, -0.2) is 30.3 Å². The molecule has 0 aliphatic rings. The molecule has 0 amide bonds. The molecule has 1 heterocycles. The molecule has 0 saturated heterocycles. The van der Waals surface area contributed by atoms with E-state index in [1.165, 1.54) is 12.3 Å². The van der Waals surface area contributed by atoms with Gasteiger partial charge in [-0.05, 0) is 13.0 Å². The molecule has 18 heavy (non-hydrogen) atoms. The lowest BCUT2D eigenvalue weighted by atomic mass is 10.2. The molecule has 0 fully saturated rings. The number of nitrogen functional groups attached to an aromatic ring is 1. The number of halogens is 3. The number of nitrogens with zero attached hydrogens (tertiary/aromatic N) is 1. The summed E-state index contributed by atoms with van der Waals surface area (Å²) < 4.78 is 40.8. The average Bonchev–Trinajstić information content (AvgIpc) is 2.26. The van der Waals surface area contributed by atoms with Gasteiger partial charge in [0, 0.05) is 6.20 Å². The fourth-order valence-corrected chi connectivity index (χ4v) is 1.18. The normalized spacial score (nSPS) is 11.1. The average molecular weight is 263 g/mol. The molecule has 0 aliphatic carbocycles. The van der Waals surface area contributed by atoms with E-state index in [-0.39, 0.29) is 23.7 Å². The van der Waals surface area contributed by atoms with E-state index in [2.05, 4.69) is 4.98 Å². The molecule has 0 aliphatic heterocycles. The minimum atomic E-state index is -4.39. The van der Waals surface area contributed by atoms with Crippen LogP contribution in [0.1, 0.15) is 17.3 Å². The van der Waals surface area contributed by atoms with Gasteiger partial charge in [-0.2, -0.15) is 13.2 Å². The molecular weight excluding hydrogens is 251 g/mol. The van der Waals surface area contributed by atoms with Gasteiger partial charge in [0.2, 0.25) is 0 Å². The van der Waals surface area contributed by atoms with Crippen molar-refractivity contribution >= 4 is 17.5 Å². The van der Waals surface area contributed by atoms with Crippen molar-refractivity contribution in [3.63, 3.8) is 0 Å². The number of hydrogen-bond acceptors (Lipinski definition) is 5. The van der Waals surface area contributed by atoms with Gasteiger partial charge in [-0.3, -0.25) is 0 Å². The summed E-state index contributed by atoms with van der Waals surface area (Å²) >= 11 is 0. The van der Waals surface area contributed by atoms with Crippen LogP contribution >= 0.6 is 0 Å². The van der Waals surface area contributed by atoms with E-state index in [0.717, 1.165) is 0 Å². The Kier molecular flexibility index (Phi) is 4.35. The summed E-state index contributed by atoms with van der Waals surface area (Å²) in [5.74, 6) is -0.898. The predicted octanol–water partition coefficient (Wildman–Crippen LogP) is 1.81. The third-order valence-electron chi connectivity index (χ3n) is 1.94. The van der Waals surface area contributed by atoms with Crippen molar-refractivity contribution in [2.45, 2.75) is 13.1 Å². The van der Waals surface area contributed by atoms with Crippen LogP contribution in [-0.2, 0) is 4.74 Å². The van der Waals surface area contributed by atoms with Crippen molar-refractivity contribution in [1.82, 2.24) is 4.98 Å². The van der Waals surface area contributed by atoms with E-state index >= 15 is 0 Å². The van der Waals surface area contributed by atoms with E-state index in [4.69, 9.17) is 10.5 Å². The molecular formula is C10H12F3N3O2. The Morgan fingerprint density at radius 1 is 1.56 bits per heavy atom. The van der Waals surface area contributed by atoms with Crippen LogP contribution in [0, 0.1) is 0 Å². The van der Waals surface area contributed by atoms with Gasteiger partial charge < -0.3 is 15.8 Å². The predicted molar refractivity (Wildman–Crippen MR) is 59.2 cm³/mol. The number of aromatic nitrogens is 1. The molecule has 1 aromatic heterocycles. The lowest BCUT2D eigenvalue weighted by Gasteiger charge is -2.12. The first-order valence-electron chi connectivity index (χ1n) is 5.07. The Morgan fingerprint density at radius 3 is 2.78 bits per heavy atom. The van der Waals surface area contributed by atoms with Crippen LogP contribution in [0.25, 0.3) is 0 Å². The summed E-state index contributed by atoms with van der Waals surface area (Å²) in [6, 6.07) is 1.28. The highest BCUT2D eigenvalue weighted by Crippen LogP contribution is 2.23. The van der Waals surface area contributed by atoms with Crippen LogP contribution in [0.5, 0.6) is 0 Å². The van der Waals surface area contributed by atoms with Crippen molar-refractivity contribution in [2.75, 3.05) is 24.2 Å². The zero-order valence-electron chi connectivity index (χ0n) is 9.54. The number of rotatable bonds is 4. The summed E-state index contributed by atoms with van der Waals surface area (Å²) in [5, 5.41) is 2.02. The Morgan fingerprint density at radius 2 is 2.22 bits per heavy atom. The van der Waals surface area contributed by atoms with Gasteiger partial charge in [-0.1, -0.05) is 0 Å². The van der Waals surface area contributed by atoms with E-state index in [1.807, 2.05) is 5.32 Å². The fourth-order valence-electron chi connectivity index (χ4n) is 1.18. The number of ether oxygens (including phenoxy) is 1. The van der Waals surface area contributed by atoms with Gasteiger partial charge in [0.05, 0.1) is 17.9 Å². The molecule has 5 nitrogen and oxygen atoms in total. The van der Waals surface area contributed by atoms with E-state index < -0.39 is 18.7 Å². The zero-order valence-corrected chi connectivity index (χ0v) is 9.54. The number of nitrogens with two attached hydrogens (primary N) is 1. The summed E-state index contributed by atoms with van der Waals surface area (Å²) in [7, 11) is 0. The largest absolute Gasteiger partial charge is 0.462 e. The number of esters is 1. The highest BCUT2D eigenvalue weighted by atomic mass is 19.4. The molecule has 0 saturated carbocycles. The Labute approximate surface area is 101 Å². The van der Waals surface area contributed by atoms with Crippen molar-refractivity contribution in [3.8, 4) is 0 Å². The third kappa shape index (κ3) is 3.79. The van der Waals surface area contributed by atoms with Gasteiger partial charge in [0.15, 0.2) is 0 Å². The summed E-state index contributed by atoms with van der Waals surface area (Å²) in [6.07, 6.45) is -3.21. The quantitative estimate of drug-likeness (QED) is 0.810. The minimum Gasteiger partial charge on any atom is -0.462 e. The first-order valence-corrected chi connectivity index (χ1v) is 5.07. The molecule has 100 valence electrons.